The maximum absolute atomic E-state index is 12.7. The molecule has 2 aromatic heterocycles. The lowest BCUT2D eigenvalue weighted by Gasteiger charge is -2.34. The first-order chi connectivity index (χ1) is 16.2. The van der Waals surface area contributed by atoms with Gasteiger partial charge >= 0.3 is 0 Å². The number of benzene rings is 1. The third-order valence-electron chi connectivity index (χ3n) is 5.68. The minimum absolute atomic E-state index is 0.333. The van der Waals surface area contributed by atoms with Crippen molar-refractivity contribution in [2.75, 3.05) is 69.2 Å². The highest BCUT2D eigenvalue weighted by Gasteiger charge is 2.19. The molecule has 1 saturated heterocycles. The number of likely N-dealkylation sites (N-methyl/N-ethyl adjacent to an activating group) is 1. The van der Waals surface area contributed by atoms with Crippen molar-refractivity contribution >= 4 is 52.9 Å². The zero-order valence-electron chi connectivity index (χ0n) is 19.7. The van der Waals surface area contributed by atoms with E-state index in [4.69, 9.17) is 16.3 Å². The number of rotatable bonds is 7. The van der Waals surface area contributed by atoms with Crippen molar-refractivity contribution in [3.63, 3.8) is 0 Å². The van der Waals surface area contributed by atoms with Gasteiger partial charge in [-0.2, -0.15) is 4.98 Å². The Morgan fingerprint density at radius 2 is 1.82 bits per heavy atom. The van der Waals surface area contributed by atoms with Gasteiger partial charge in [0.1, 0.15) is 17.9 Å². The number of pyridine rings is 1. The van der Waals surface area contributed by atoms with Gasteiger partial charge in [0, 0.05) is 49.4 Å². The van der Waals surface area contributed by atoms with Crippen LogP contribution in [0.15, 0.2) is 42.9 Å². The molecule has 1 fully saturated rings. The van der Waals surface area contributed by atoms with Gasteiger partial charge < -0.3 is 29.7 Å². The Balaban J connectivity index is 1.56. The van der Waals surface area contributed by atoms with Crippen molar-refractivity contribution in [2.45, 2.75) is 0 Å². The lowest BCUT2D eigenvalue weighted by Crippen LogP contribution is -2.44. The summed E-state index contributed by atoms with van der Waals surface area (Å²) in [5, 5.41) is 7.38. The standard InChI is InChI=1S/C23H29ClN7O2P/c1-30-9-11-31(12-10-30)16-5-6-18(20(13-16)33-2)28-23-26-14-17(24)22(29-23)27-19-15-25-8-7-21(19)34(3,4)32/h5-8,13-15H,9-12H2,1-4H3,(H2,26,27,28,29). The topological polar surface area (TPSA) is 95.5 Å². The van der Waals surface area contributed by atoms with E-state index in [0.29, 0.717) is 33.5 Å². The highest BCUT2D eigenvalue weighted by atomic mass is 35.5. The average molecular weight is 502 g/mol. The quantitative estimate of drug-likeness (QED) is 0.465. The molecule has 180 valence electrons. The zero-order chi connectivity index (χ0) is 24.3. The summed E-state index contributed by atoms with van der Waals surface area (Å²) in [5.41, 5.74) is 2.45. The highest BCUT2D eigenvalue weighted by Crippen LogP contribution is 2.38. The number of halogens is 1. The predicted octanol–water partition coefficient (Wildman–Crippen LogP) is 4.02. The molecular weight excluding hydrogens is 473 g/mol. The third kappa shape index (κ3) is 5.60. The second kappa shape index (κ2) is 10.2. The van der Waals surface area contributed by atoms with E-state index in [0.717, 1.165) is 37.6 Å². The number of nitrogens with zero attached hydrogens (tertiary/aromatic N) is 5. The summed E-state index contributed by atoms with van der Waals surface area (Å²) in [4.78, 5) is 17.6. The molecule has 9 nitrogen and oxygen atoms in total. The van der Waals surface area contributed by atoms with Gasteiger partial charge in [0.05, 0.1) is 30.9 Å². The molecule has 0 unspecified atom stereocenters. The molecule has 1 aliphatic heterocycles. The molecule has 2 N–H and O–H groups in total. The molecular formula is C23H29ClN7O2P. The Labute approximate surface area is 204 Å². The van der Waals surface area contributed by atoms with Gasteiger partial charge in [0.15, 0.2) is 5.82 Å². The van der Waals surface area contributed by atoms with Crippen LogP contribution in [0, 0.1) is 0 Å². The number of nitrogens with one attached hydrogen (secondary N) is 2. The first-order valence-corrected chi connectivity index (χ1v) is 13.9. The molecule has 3 heterocycles. The van der Waals surface area contributed by atoms with Gasteiger partial charge in [0.25, 0.3) is 0 Å². The van der Waals surface area contributed by atoms with E-state index in [-0.39, 0.29) is 0 Å². The fraction of sp³-hybridized carbons (Fsp3) is 0.348. The number of aromatic nitrogens is 3. The molecule has 0 aliphatic carbocycles. The number of hydrogen-bond donors (Lipinski definition) is 2. The SMILES string of the molecule is COc1cc(N2CCN(C)CC2)ccc1Nc1ncc(Cl)c(Nc2cnccc2P(C)(C)=O)n1. The largest absolute Gasteiger partial charge is 0.494 e. The first-order valence-electron chi connectivity index (χ1n) is 10.9. The number of ether oxygens (including phenoxy) is 1. The molecule has 0 spiro atoms. The number of piperazine rings is 1. The van der Waals surface area contributed by atoms with Gasteiger partial charge in [0.2, 0.25) is 5.95 Å². The van der Waals surface area contributed by atoms with Crippen LogP contribution in [0.4, 0.5) is 28.8 Å². The normalized spacial score (nSPS) is 14.7. The Kier molecular flexibility index (Phi) is 7.26. The van der Waals surface area contributed by atoms with E-state index >= 15 is 0 Å². The maximum atomic E-state index is 12.7. The van der Waals surface area contributed by atoms with Crippen LogP contribution in [0.2, 0.25) is 5.02 Å². The molecule has 0 radical (unpaired) electrons. The lowest BCUT2D eigenvalue weighted by atomic mass is 10.2. The summed E-state index contributed by atoms with van der Waals surface area (Å²) >= 11 is 6.35. The Bertz CT molecular complexity index is 1210. The average Bonchev–Trinajstić information content (AvgIpc) is 2.81. The van der Waals surface area contributed by atoms with E-state index in [9.17, 15) is 4.57 Å². The molecule has 1 aliphatic rings. The smallest absolute Gasteiger partial charge is 0.229 e. The molecule has 0 atom stereocenters. The van der Waals surface area contributed by atoms with Crippen molar-refractivity contribution in [1.82, 2.24) is 19.9 Å². The van der Waals surface area contributed by atoms with E-state index in [1.54, 1.807) is 38.9 Å². The molecule has 11 heteroatoms. The molecule has 3 aromatic rings. The molecule has 34 heavy (non-hydrogen) atoms. The number of anilines is 5. The van der Waals surface area contributed by atoms with Crippen LogP contribution in [0.1, 0.15) is 0 Å². The Morgan fingerprint density at radius 3 is 2.53 bits per heavy atom. The molecule has 0 saturated carbocycles. The molecule has 1 aromatic carbocycles. The summed E-state index contributed by atoms with van der Waals surface area (Å²) in [5.74, 6) is 1.42. The Hall–Kier alpha value is -2.87. The second-order valence-electron chi connectivity index (χ2n) is 8.56. The summed E-state index contributed by atoms with van der Waals surface area (Å²) in [6, 6.07) is 7.78. The zero-order valence-corrected chi connectivity index (χ0v) is 21.4. The minimum Gasteiger partial charge on any atom is -0.494 e. The van der Waals surface area contributed by atoms with E-state index < -0.39 is 7.14 Å². The van der Waals surface area contributed by atoms with Gasteiger partial charge in [-0.3, -0.25) is 4.98 Å². The summed E-state index contributed by atoms with van der Waals surface area (Å²) < 4.78 is 18.3. The summed E-state index contributed by atoms with van der Waals surface area (Å²) in [6.07, 6.45) is 4.74. The van der Waals surface area contributed by atoms with Gasteiger partial charge in [-0.05, 0) is 38.6 Å². The van der Waals surface area contributed by atoms with Gasteiger partial charge in [-0.25, -0.2) is 4.98 Å². The summed E-state index contributed by atoms with van der Waals surface area (Å²) in [7, 11) is 1.24. The number of hydrogen-bond acceptors (Lipinski definition) is 9. The van der Waals surface area contributed by atoms with E-state index in [2.05, 4.69) is 48.5 Å². The lowest BCUT2D eigenvalue weighted by molar-refractivity contribution is 0.312. The van der Waals surface area contributed by atoms with Crippen LogP contribution >= 0.6 is 18.7 Å². The van der Waals surface area contributed by atoms with Crippen molar-refractivity contribution in [1.29, 1.82) is 0 Å². The highest BCUT2D eigenvalue weighted by molar-refractivity contribution is 7.70. The van der Waals surface area contributed by atoms with Gasteiger partial charge in [-0.15, -0.1) is 0 Å². The van der Waals surface area contributed by atoms with Crippen molar-refractivity contribution in [3.05, 3.63) is 47.9 Å². The maximum Gasteiger partial charge on any atom is 0.229 e. The summed E-state index contributed by atoms with van der Waals surface area (Å²) in [6.45, 7) is 7.42. The minimum atomic E-state index is -2.53. The molecule has 0 bridgehead atoms. The van der Waals surface area contributed by atoms with Crippen molar-refractivity contribution in [3.8, 4) is 5.75 Å². The van der Waals surface area contributed by atoms with Crippen LogP contribution in [0.25, 0.3) is 0 Å². The van der Waals surface area contributed by atoms with Crippen molar-refractivity contribution < 1.29 is 9.30 Å². The van der Waals surface area contributed by atoms with E-state index in [1.807, 2.05) is 12.1 Å². The molecule has 4 rings (SSSR count). The Morgan fingerprint density at radius 1 is 1.06 bits per heavy atom. The fourth-order valence-electron chi connectivity index (χ4n) is 3.76. The van der Waals surface area contributed by atoms with Crippen molar-refractivity contribution in [2.24, 2.45) is 0 Å². The molecule has 0 amide bonds. The van der Waals surface area contributed by atoms with Crippen LogP contribution in [0.3, 0.4) is 0 Å². The first kappa shape index (κ1) is 24.3. The van der Waals surface area contributed by atoms with Crippen LogP contribution in [0.5, 0.6) is 5.75 Å². The van der Waals surface area contributed by atoms with Crippen LogP contribution in [-0.2, 0) is 4.57 Å². The van der Waals surface area contributed by atoms with Crippen LogP contribution in [-0.4, -0.2) is 73.5 Å². The predicted molar refractivity (Wildman–Crippen MR) is 140 cm³/mol. The number of methoxy groups -OCH3 is 1. The second-order valence-corrected chi connectivity index (χ2v) is 12.1. The van der Waals surface area contributed by atoms with Crippen LogP contribution < -0.4 is 25.6 Å². The third-order valence-corrected chi connectivity index (χ3v) is 7.50. The van der Waals surface area contributed by atoms with E-state index in [1.165, 1.54) is 6.20 Å². The van der Waals surface area contributed by atoms with Gasteiger partial charge in [-0.1, -0.05) is 11.6 Å². The monoisotopic (exact) mass is 501 g/mol. The fourth-order valence-corrected chi connectivity index (χ4v) is 5.02.